The molecule has 1 aromatic heterocycles. The maximum absolute atomic E-state index is 12.8. The molecule has 1 heterocycles. The third kappa shape index (κ3) is 4.33. The molecule has 0 aliphatic heterocycles. The molecule has 6 heteroatoms. The Hall–Kier alpha value is -2.96. The molecule has 0 saturated heterocycles. The van der Waals surface area contributed by atoms with Crippen LogP contribution in [0.1, 0.15) is 46.8 Å². The fourth-order valence-electron chi connectivity index (χ4n) is 3.90. The number of fused-ring (bicyclic) bond motifs is 3. The molecule has 1 aliphatic rings. The molecule has 0 saturated carbocycles. The van der Waals surface area contributed by atoms with Gasteiger partial charge in [0, 0.05) is 11.3 Å². The van der Waals surface area contributed by atoms with Crippen LogP contribution in [0.15, 0.2) is 71.1 Å². The summed E-state index contributed by atoms with van der Waals surface area (Å²) >= 11 is 2.90. The van der Waals surface area contributed by atoms with Crippen molar-refractivity contribution in [2.45, 2.75) is 30.5 Å². The van der Waals surface area contributed by atoms with Crippen LogP contribution in [0.2, 0.25) is 0 Å². The molecule has 1 N–H and O–H groups in total. The highest BCUT2D eigenvalue weighted by Gasteiger charge is 2.19. The van der Waals surface area contributed by atoms with E-state index in [1.165, 1.54) is 50.9 Å². The molecular formula is C26H23N3OS2. The summed E-state index contributed by atoms with van der Waals surface area (Å²) in [7, 11) is 0. The van der Waals surface area contributed by atoms with Crippen molar-refractivity contribution in [3.63, 3.8) is 0 Å². The van der Waals surface area contributed by atoms with Gasteiger partial charge in [-0.05, 0) is 58.4 Å². The fourth-order valence-corrected chi connectivity index (χ4v) is 5.57. The molecule has 0 bridgehead atoms. The number of carbonyl (C=O) groups is 1. The molecule has 1 aliphatic carbocycles. The summed E-state index contributed by atoms with van der Waals surface area (Å²) < 4.78 is 0.783. The topological polar surface area (TPSA) is 54.9 Å². The van der Waals surface area contributed by atoms with Gasteiger partial charge in [0.25, 0.3) is 0 Å². The summed E-state index contributed by atoms with van der Waals surface area (Å²) in [6.45, 7) is 4.36. The van der Waals surface area contributed by atoms with E-state index >= 15 is 0 Å². The predicted molar refractivity (Wildman–Crippen MR) is 133 cm³/mol. The SMILES string of the molecule is CC(C)c1ccc(Nc2nnc(SCC(=O)c3ccc4c(c3)-c3ccccc3C4)s2)cc1. The van der Waals surface area contributed by atoms with Crippen LogP contribution in [0.5, 0.6) is 0 Å². The van der Waals surface area contributed by atoms with Crippen LogP contribution in [-0.4, -0.2) is 21.7 Å². The zero-order valence-electron chi connectivity index (χ0n) is 18.0. The van der Waals surface area contributed by atoms with Gasteiger partial charge in [-0.2, -0.15) is 0 Å². The molecule has 0 spiro atoms. The number of hydrogen-bond acceptors (Lipinski definition) is 6. The first-order valence-electron chi connectivity index (χ1n) is 10.6. The molecule has 0 unspecified atom stereocenters. The number of aromatic nitrogens is 2. The molecular weight excluding hydrogens is 434 g/mol. The number of nitrogens with one attached hydrogen (secondary N) is 1. The Morgan fingerprint density at radius 3 is 2.59 bits per heavy atom. The lowest BCUT2D eigenvalue weighted by Gasteiger charge is -2.06. The van der Waals surface area contributed by atoms with Gasteiger partial charge >= 0.3 is 0 Å². The highest BCUT2D eigenvalue weighted by molar-refractivity contribution is 8.01. The van der Waals surface area contributed by atoms with Crippen molar-refractivity contribution in [2.75, 3.05) is 11.1 Å². The molecule has 0 atom stereocenters. The monoisotopic (exact) mass is 457 g/mol. The van der Waals surface area contributed by atoms with Gasteiger partial charge in [0.15, 0.2) is 10.1 Å². The molecule has 5 rings (SSSR count). The third-order valence-electron chi connectivity index (χ3n) is 5.68. The van der Waals surface area contributed by atoms with Crippen molar-refractivity contribution in [1.82, 2.24) is 10.2 Å². The molecule has 0 fully saturated rings. The Balaban J connectivity index is 1.22. The van der Waals surface area contributed by atoms with Crippen LogP contribution in [0.25, 0.3) is 11.1 Å². The second-order valence-corrected chi connectivity index (χ2v) is 10.4. The van der Waals surface area contributed by atoms with Gasteiger partial charge < -0.3 is 5.32 Å². The quantitative estimate of drug-likeness (QED) is 0.212. The fraction of sp³-hybridized carbons (Fsp3) is 0.192. The van der Waals surface area contributed by atoms with Gasteiger partial charge in [0.2, 0.25) is 5.13 Å². The van der Waals surface area contributed by atoms with Crippen LogP contribution in [0, 0.1) is 0 Å². The number of Topliss-reactive ketones (excluding diaryl/α,β-unsaturated/α-hetero) is 1. The zero-order valence-corrected chi connectivity index (χ0v) is 19.6. The van der Waals surface area contributed by atoms with Crippen molar-refractivity contribution in [3.05, 3.63) is 89.0 Å². The lowest BCUT2D eigenvalue weighted by Crippen LogP contribution is -2.02. The Morgan fingerprint density at radius 2 is 1.78 bits per heavy atom. The summed E-state index contributed by atoms with van der Waals surface area (Å²) in [5.74, 6) is 0.959. The highest BCUT2D eigenvalue weighted by atomic mass is 32.2. The van der Waals surface area contributed by atoms with E-state index in [9.17, 15) is 4.79 Å². The summed E-state index contributed by atoms with van der Waals surface area (Å²) in [6.07, 6.45) is 0.940. The smallest absolute Gasteiger partial charge is 0.210 e. The molecule has 0 amide bonds. The van der Waals surface area contributed by atoms with Crippen molar-refractivity contribution in [3.8, 4) is 11.1 Å². The Bertz CT molecular complexity index is 1280. The van der Waals surface area contributed by atoms with Crippen molar-refractivity contribution < 1.29 is 4.79 Å². The number of carbonyl (C=O) groups excluding carboxylic acids is 1. The molecule has 32 heavy (non-hydrogen) atoms. The van der Waals surface area contributed by atoms with E-state index in [1.54, 1.807) is 0 Å². The van der Waals surface area contributed by atoms with Crippen LogP contribution in [0.4, 0.5) is 10.8 Å². The Labute approximate surface area is 196 Å². The first-order chi connectivity index (χ1) is 15.6. The Morgan fingerprint density at radius 1 is 1.00 bits per heavy atom. The normalized spacial score (nSPS) is 12.0. The number of thioether (sulfide) groups is 1. The lowest BCUT2D eigenvalue weighted by atomic mass is 10.0. The van der Waals surface area contributed by atoms with E-state index in [2.05, 4.69) is 84.0 Å². The van der Waals surface area contributed by atoms with Crippen molar-refractivity contribution >= 4 is 39.7 Å². The minimum atomic E-state index is 0.108. The maximum atomic E-state index is 12.8. The molecule has 160 valence electrons. The number of nitrogens with zero attached hydrogens (tertiary/aromatic N) is 2. The van der Waals surface area contributed by atoms with Gasteiger partial charge in [0.1, 0.15) is 0 Å². The first kappa shape index (κ1) is 20.9. The minimum absolute atomic E-state index is 0.108. The van der Waals surface area contributed by atoms with E-state index in [-0.39, 0.29) is 5.78 Å². The summed E-state index contributed by atoms with van der Waals surface area (Å²) in [4.78, 5) is 12.8. The largest absolute Gasteiger partial charge is 0.330 e. The third-order valence-corrected chi connectivity index (χ3v) is 7.65. The van der Waals surface area contributed by atoms with Gasteiger partial charge in [-0.25, -0.2) is 0 Å². The second-order valence-electron chi connectivity index (χ2n) is 8.19. The average Bonchev–Trinajstić information content (AvgIpc) is 3.41. The second kappa shape index (κ2) is 8.88. The van der Waals surface area contributed by atoms with Gasteiger partial charge in [-0.15, -0.1) is 10.2 Å². The van der Waals surface area contributed by atoms with E-state index in [4.69, 9.17) is 0 Å². The molecule has 4 aromatic rings. The zero-order chi connectivity index (χ0) is 22.1. The van der Waals surface area contributed by atoms with Gasteiger partial charge in [-0.3, -0.25) is 4.79 Å². The van der Waals surface area contributed by atoms with Gasteiger partial charge in [0.05, 0.1) is 5.75 Å². The maximum Gasteiger partial charge on any atom is 0.210 e. The number of anilines is 2. The lowest BCUT2D eigenvalue weighted by molar-refractivity contribution is 0.102. The number of benzene rings is 3. The Kier molecular flexibility index (Phi) is 5.81. The first-order valence-corrected chi connectivity index (χ1v) is 12.4. The van der Waals surface area contributed by atoms with Gasteiger partial charge in [-0.1, -0.05) is 85.5 Å². The number of ketones is 1. The van der Waals surface area contributed by atoms with Crippen LogP contribution >= 0.6 is 23.1 Å². The average molecular weight is 458 g/mol. The molecule has 0 radical (unpaired) electrons. The summed E-state index contributed by atoms with van der Waals surface area (Å²) in [6, 6.07) is 22.8. The predicted octanol–water partition coefficient (Wildman–Crippen LogP) is 6.95. The van der Waals surface area contributed by atoms with Crippen molar-refractivity contribution in [1.29, 1.82) is 0 Å². The van der Waals surface area contributed by atoms with E-state index in [0.29, 0.717) is 11.7 Å². The van der Waals surface area contributed by atoms with Crippen LogP contribution in [-0.2, 0) is 6.42 Å². The van der Waals surface area contributed by atoms with Crippen LogP contribution < -0.4 is 5.32 Å². The highest BCUT2D eigenvalue weighted by Crippen LogP contribution is 2.37. The molecule has 4 nitrogen and oxygen atoms in total. The number of hydrogen-bond donors (Lipinski definition) is 1. The molecule has 3 aromatic carbocycles. The van der Waals surface area contributed by atoms with E-state index in [0.717, 1.165) is 27.1 Å². The van der Waals surface area contributed by atoms with Crippen LogP contribution in [0.3, 0.4) is 0 Å². The summed E-state index contributed by atoms with van der Waals surface area (Å²) in [5.41, 5.74) is 8.08. The minimum Gasteiger partial charge on any atom is -0.330 e. The summed E-state index contributed by atoms with van der Waals surface area (Å²) in [5, 5.41) is 12.5. The number of rotatable bonds is 7. The van der Waals surface area contributed by atoms with E-state index < -0.39 is 0 Å². The van der Waals surface area contributed by atoms with E-state index in [1.807, 2.05) is 12.1 Å². The standard InChI is InChI=1S/C26H23N3OS2/c1-16(2)17-9-11-21(12-10-17)27-25-28-29-26(32-25)31-15-24(30)20-8-7-19-13-18-5-3-4-6-22(18)23(19)14-20/h3-12,14,16H,13,15H2,1-2H3,(H,27,28). The van der Waals surface area contributed by atoms with Crippen molar-refractivity contribution in [2.24, 2.45) is 0 Å².